The molecule has 0 aliphatic carbocycles. The third-order valence-corrected chi connectivity index (χ3v) is 2.98. The Kier molecular flexibility index (Phi) is 9.88. The first-order chi connectivity index (χ1) is 12.0. The van der Waals surface area contributed by atoms with Crippen molar-refractivity contribution in [2.75, 3.05) is 6.61 Å². The van der Waals surface area contributed by atoms with Gasteiger partial charge in [0.1, 0.15) is 0 Å². The van der Waals surface area contributed by atoms with E-state index in [1.54, 1.807) is 62.4 Å². The van der Waals surface area contributed by atoms with Crippen LogP contribution in [0.4, 0.5) is 0 Å². The molecule has 0 saturated carbocycles. The second-order valence-corrected chi connectivity index (χ2v) is 6.31. The molecule has 2 aromatic rings. The van der Waals surface area contributed by atoms with Crippen LogP contribution in [0.15, 0.2) is 48.5 Å². The van der Waals surface area contributed by atoms with E-state index in [4.69, 9.17) is 20.4 Å². The molecule has 0 aliphatic rings. The molecule has 0 atom stereocenters. The van der Waals surface area contributed by atoms with Gasteiger partial charge in [0.2, 0.25) is 0 Å². The second kappa shape index (κ2) is 11.0. The predicted octanol–water partition coefficient (Wildman–Crippen LogP) is 3.14. The normalized spacial score (nSPS) is 9.92. The quantitative estimate of drug-likeness (QED) is 0.667. The van der Waals surface area contributed by atoms with Gasteiger partial charge in [-0.05, 0) is 52.0 Å². The van der Waals surface area contributed by atoms with E-state index in [2.05, 4.69) is 0 Å². The average molecular weight is 362 g/mol. The van der Waals surface area contributed by atoms with Crippen molar-refractivity contribution in [1.29, 1.82) is 0 Å². The Labute approximate surface area is 153 Å². The van der Waals surface area contributed by atoms with Crippen LogP contribution in [-0.2, 0) is 0 Å². The topological polar surface area (TPSA) is 115 Å². The van der Waals surface area contributed by atoms with Gasteiger partial charge in [-0.2, -0.15) is 0 Å². The summed E-state index contributed by atoms with van der Waals surface area (Å²) in [6.07, 6.45) is 0. The van der Waals surface area contributed by atoms with Crippen molar-refractivity contribution in [1.82, 2.24) is 0 Å². The number of hydrogen-bond donors (Lipinski definition) is 4. The molecule has 0 heterocycles. The Morgan fingerprint density at radius 1 is 0.769 bits per heavy atom. The molecule has 142 valence electrons. The van der Waals surface area contributed by atoms with Crippen molar-refractivity contribution in [3.05, 3.63) is 70.8 Å². The molecule has 0 radical (unpaired) electrons. The van der Waals surface area contributed by atoms with Gasteiger partial charge in [0.05, 0.1) is 23.3 Å². The molecule has 0 saturated heterocycles. The summed E-state index contributed by atoms with van der Waals surface area (Å²) >= 11 is 0. The minimum Gasteiger partial charge on any atom is -0.478 e. The summed E-state index contributed by atoms with van der Waals surface area (Å²) in [5.41, 5.74) is 1.92. The number of aromatic carboxylic acids is 2. The van der Waals surface area contributed by atoms with E-state index < -0.39 is 17.5 Å². The van der Waals surface area contributed by atoms with Crippen LogP contribution in [0.25, 0.3) is 0 Å². The fourth-order valence-electron chi connectivity index (χ4n) is 1.39. The van der Waals surface area contributed by atoms with Crippen molar-refractivity contribution in [3.8, 4) is 0 Å². The minimum atomic E-state index is -0.903. The largest absolute Gasteiger partial charge is 0.478 e. The van der Waals surface area contributed by atoms with Gasteiger partial charge >= 0.3 is 11.9 Å². The third kappa shape index (κ3) is 11.0. The molecule has 6 heteroatoms. The number of carbonyl (C=O) groups is 2. The molecule has 2 rings (SSSR count). The van der Waals surface area contributed by atoms with Crippen LogP contribution < -0.4 is 0 Å². The summed E-state index contributed by atoms with van der Waals surface area (Å²) in [6, 6.07) is 13.5. The van der Waals surface area contributed by atoms with Gasteiger partial charge in [-0.25, -0.2) is 9.59 Å². The number of carboxylic acid groups (broad SMARTS) is 2. The SMILES string of the molecule is CC(C)(O)CO.Cc1ccc(C(=O)O)cc1.Cc1ccc(C(=O)O)cc1. The van der Waals surface area contributed by atoms with Crippen molar-refractivity contribution >= 4 is 11.9 Å². The predicted molar refractivity (Wildman–Crippen MR) is 99.7 cm³/mol. The van der Waals surface area contributed by atoms with Crippen LogP contribution in [0.1, 0.15) is 45.7 Å². The molecule has 0 amide bonds. The molecule has 2 aromatic carbocycles. The number of aryl methyl sites for hydroxylation is 2. The van der Waals surface area contributed by atoms with Gasteiger partial charge < -0.3 is 20.4 Å². The lowest BCUT2D eigenvalue weighted by Crippen LogP contribution is -2.23. The highest BCUT2D eigenvalue weighted by molar-refractivity contribution is 5.87. The standard InChI is InChI=1S/2C8H8O2.C4H10O2/c2*1-6-2-4-7(5-3-6)8(9)10;1-4(2,6)3-5/h2*2-5H,1H3,(H,9,10);5-6H,3H2,1-2H3. The third-order valence-electron chi connectivity index (χ3n) is 2.98. The molecule has 26 heavy (non-hydrogen) atoms. The van der Waals surface area contributed by atoms with Crippen LogP contribution >= 0.6 is 0 Å². The molecule has 0 spiro atoms. The maximum atomic E-state index is 10.3. The summed E-state index contributed by atoms with van der Waals surface area (Å²) in [4.78, 5) is 20.6. The molecule has 6 nitrogen and oxygen atoms in total. The Balaban J connectivity index is 0.000000375. The van der Waals surface area contributed by atoms with E-state index >= 15 is 0 Å². The number of benzene rings is 2. The highest BCUT2D eigenvalue weighted by atomic mass is 16.4. The molecule has 4 N–H and O–H groups in total. The first-order valence-corrected chi connectivity index (χ1v) is 7.89. The summed E-state index contributed by atoms with van der Waals surface area (Å²) in [5, 5.41) is 33.7. The molecule has 0 fully saturated rings. The highest BCUT2D eigenvalue weighted by Crippen LogP contribution is 2.02. The maximum absolute atomic E-state index is 10.3. The molecule has 0 bridgehead atoms. The summed E-state index contributed by atoms with van der Waals surface area (Å²) in [7, 11) is 0. The van der Waals surface area contributed by atoms with Crippen molar-refractivity contribution in [3.63, 3.8) is 0 Å². The molecular formula is C20H26O6. The van der Waals surface area contributed by atoms with Crippen LogP contribution in [-0.4, -0.2) is 44.6 Å². The molecular weight excluding hydrogens is 336 g/mol. The maximum Gasteiger partial charge on any atom is 0.335 e. The number of carboxylic acids is 2. The van der Waals surface area contributed by atoms with Crippen LogP contribution in [0.3, 0.4) is 0 Å². The van der Waals surface area contributed by atoms with Gasteiger partial charge in [0.25, 0.3) is 0 Å². The van der Waals surface area contributed by atoms with Crippen LogP contribution in [0, 0.1) is 13.8 Å². The second-order valence-electron chi connectivity index (χ2n) is 6.31. The monoisotopic (exact) mass is 362 g/mol. The van der Waals surface area contributed by atoms with E-state index in [-0.39, 0.29) is 6.61 Å². The molecule has 0 aliphatic heterocycles. The zero-order valence-corrected chi connectivity index (χ0v) is 15.4. The lowest BCUT2D eigenvalue weighted by atomic mass is 10.2. The lowest BCUT2D eigenvalue weighted by Gasteiger charge is -2.10. The summed E-state index contributed by atoms with van der Waals surface area (Å²) < 4.78 is 0. The van der Waals surface area contributed by atoms with Crippen LogP contribution in [0.5, 0.6) is 0 Å². The minimum absolute atomic E-state index is 0.174. The fourth-order valence-corrected chi connectivity index (χ4v) is 1.39. The Hall–Kier alpha value is -2.70. The van der Waals surface area contributed by atoms with E-state index in [1.165, 1.54) is 0 Å². The first-order valence-electron chi connectivity index (χ1n) is 7.89. The average Bonchev–Trinajstić information content (AvgIpc) is 2.56. The van der Waals surface area contributed by atoms with E-state index in [0.29, 0.717) is 11.1 Å². The fraction of sp³-hybridized carbons (Fsp3) is 0.300. The number of aliphatic hydroxyl groups excluding tert-OH is 1. The van der Waals surface area contributed by atoms with E-state index in [9.17, 15) is 9.59 Å². The number of aliphatic hydroxyl groups is 2. The van der Waals surface area contributed by atoms with E-state index in [1.807, 2.05) is 13.8 Å². The zero-order chi connectivity index (χ0) is 20.3. The summed E-state index contributed by atoms with van der Waals surface area (Å²) in [6.45, 7) is 6.77. The van der Waals surface area contributed by atoms with Gasteiger partial charge in [-0.1, -0.05) is 35.4 Å². The van der Waals surface area contributed by atoms with E-state index in [0.717, 1.165) is 11.1 Å². The zero-order valence-electron chi connectivity index (χ0n) is 15.4. The van der Waals surface area contributed by atoms with Gasteiger partial charge in [0, 0.05) is 0 Å². The van der Waals surface area contributed by atoms with Gasteiger partial charge in [-0.3, -0.25) is 0 Å². The van der Waals surface area contributed by atoms with Crippen molar-refractivity contribution in [2.45, 2.75) is 33.3 Å². The summed E-state index contributed by atoms with van der Waals surface area (Å²) in [5.74, 6) is -1.75. The van der Waals surface area contributed by atoms with Crippen molar-refractivity contribution in [2.24, 2.45) is 0 Å². The van der Waals surface area contributed by atoms with Gasteiger partial charge in [0.15, 0.2) is 0 Å². The highest BCUT2D eigenvalue weighted by Gasteiger charge is 2.07. The Morgan fingerprint density at radius 2 is 1.00 bits per heavy atom. The Morgan fingerprint density at radius 3 is 1.15 bits per heavy atom. The first kappa shape index (κ1) is 23.3. The Bertz CT molecular complexity index is 626. The number of hydrogen-bond acceptors (Lipinski definition) is 4. The van der Waals surface area contributed by atoms with Crippen molar-refractivity contribution < 1.29 is 30.0 Å². The lowest BCUT2D eigenvalue weighted by molar-refractivity contribution is 0.0183. The number of rotatable bonds is 3. The van der Waals surface area contributed by atoms with Gasteiger partial charge in [-0.15, -0.1) is 0 Å². The smallest absolute Gasteiger partial charge is 0.335 e. The van der Waals surface area contributed by atoms with Crippen LogP contribution in [0.2, 0.25) is 0 Å². The molecule has 0 unspecified atom stereocenters. The molecule has 0 aromatic heterocycles.